The first-order valence-corrected chi connectivity index (χ1v) is 18.6. The van der Waals surface area contributed by atoms with E-state index in [1.54, 1.807) is 14.0 Å². The minimum atomic E-state index is -6.09. The topological polar surface area (TPSA) is 130 Å². The Morgan fingerprint density at radius 1 is 0.809 bits per heavy atom. The molecule has 0 heterocycles. The summed E-state index contributed by atoms with van der Waals surface area (Å²) in [7, 11) is -1.57. The third-order valence-corrected chi connectivity index (χ3v) is 12.3. The van der Waals surface area contributed by atoms with E-state index in [1.807, 2.05) is 124 Å². The zero-order valence-corrected chi connectivity index (χ0v) is 30.4. The average molecular weight is 683 g/mol. The van der Waals surface area contributed by atoms with E-state index in [4.69, 9.17) is 21.7 Å². The Labute approximate surface area is 285 Å². The fraction of sp³-hybridized carbons (Fsp3) is 0.444. The van der Waals surface area contributed by atoms with Gasteiger partial charge < -0.3 is 0 Å². The Hall–Kier alpha value is -2.97. The molecule has 0 amide bonds. The van der Waals surface area contributed by atoms with E-state index in [0.29, 0.717) is 16.7 Å². The van der Waals surface area contributed by atoms with Gasteiger partial charge in [-0.25, -0.2) is 0 Å². The summed E-state index contributed by atoms with van der Waals surface area (Å²) in [4.78, 5) is 40.0. The quantitative estimate of drug-likeness (QED) is 0.0636. The summed E-state index contributed by atoms with van der Waals surface area (Å²) >= 11 is 5.50. The van der Waals surface area contributed by atoms with Gasteiger partial charge in [0.1, 0.15) is 0 Å². The van der Waals surface area contributed by atoms with Crippen molar-refractivity contribution in [1.29, 1.82) is 5.26 Å². The molecule has 5 N–H and O–H groups in total. The van der Waals surface area contributed by atoms with Crippen LogP contribution in [0.15, 0.2) is 91.0 Å². The summed E-state index contributed by atoms with van der Waals surface area (Å²) in [5.41, 5.74) is -0.900. The second-order valence-corrected chi connectivity index (χ2v) is 16.3. The third kappa shape index (κ3) is 7.54. The monoisotopic (exact) mass is 682 g/mol. The molecule has 3 aromatic carbocycles. The number of hydrogen-bond acceptors (Lipinski definition) is 8. The molecule has 11 heteroatoms. The molecule has 3 unspecified atom stereocenters. The number of benzene rings is 3. The Kier molecular flexibility index (Phi) is 12.7. The number of nitrogens with zero attached hydrogens (tertiary/aromatic N) is 2. The van der Waals surface area contributed by atoms with Crippen molar-refractivity contribution in [2.75, 3.05) is 27.4 Å². The predicted octanol–water partition coefficient (Wildman–Crippen LogP) is 5.15. The molecule has 0 spiro atoms. The number of ether oxygens (including phenoxy) is 2. The Morgan fingerprint density at radius 3 is 1.49 bits per heavy atom. The first kappa shape index (κ1) is 38.5. The Morgan fingerprint density at radius 2 is 1.19 bits per heavy atom. The van der Waals surface area contributed by atoms with E-state index in [0.717, 1.165) is 0 Å². The van der Waals surface area contributed by atoms with E-state index in [9.17, 15) is 19.9 Å². The van der Waals surface area contributed by atoms with Crippen LogP contribution < -0.4 is 10.6 Å². The molecule has 3 rings (SSSR count). The summed E-state index contributed by atoms with van der Waals surface area (Å²) < 4.78 is 13.1. The number of rotatable bonds is 15. The van der Waals surface area contributed by atoms with Crippen LogP contribution in [0, 0.1) is 11.3 Å². The van der Waals surface area contributed by atoms with Gasteiger partial charge in [0.05, 0.1) is 0 Å². The number of thiocarbonyl (C=S) groups is 1. The van der Waals surface area contributed by atoms with Crippen LogP contribution >= 0.6 is 19.5 Å². The SMILES string of the molecule is CNC(=S)NC(C)C(C(OC)(OC)C(c1ccccc1)(c1ccccc1)c1ccccc1)P(O)(O)(O)CC(C#N)N(C(C)C)C(C)C. The molecule has 0 saturated carbocycles. The summed E-state index contributed by atoms with van der Waals surface area (Å²) in [6.45, 7) is 9.41. The zero-order valence-electron chi connectivity index (χ0n) is 28.7. The minimum absolute atomic E-state index is 0.135. The second kappa shape index (κ2) is 15.5. The van der Waals surface area contributed by atoms with Gasteiger partial charge in [0, 0.05) is 0 Å². The molecule has 0 aliphatic carbocycles. The van der Waals surface area contributed by atoms with Crippen LogP contribution in [-0.4, -0.2) is 87.7 Å². The van der Waals surface area contributed by atoms with Crippen LogP contribution in [0.25, 0.3) is 0 Å². The summed E-state index contributed by atoms with van der Waals surface area (Å²) in [5, 5.41) is 16.7. The van der Waals surface area contributed by atoms with Gasteiger partial charge in [-0.05, 0) is 0 Å². The van der Waals surface area contributed by atoms with Crippen LogP contribution in [0.3, 0.4) is 0 Å². The summed E-state index contributed by atoms with van der Waals surface area (Å²) in [6, 6.07) is 28.6. The number of nitrogens with one attached hydrogen (secondary N) is 2. The molecule has 0 bridgehead atoms. The third-order valence-electron chi connectivity index (χ3n) is 8.99. The van der Waals surface area contributed by atoms with Crippen LogP contribution in [0.4, 0.5) is 0 Å². The van der Waals surface area contributed by atoms with Crippen molar-refractivity contribution in [2.45, 2.75) is 75.6 Å². The molecular formula is C36H51N4O5PS. The van der Waals surface area contributed by atoms with Crippen molar-refractivity contribution in [3.8, 4) is 6.07 Å². The average Bonchev–Trinajstić information content (AvgIpc) is 3.04. The normalized spacial score (nSPS) is 15.4. The number of hydrogen-bond donors (Lipinski definition) is 5. The summed E-state index contributed by atoms with van der Waals surface area (Å²) in [6.07, 6.45) is -0.662. The fourth-order valence-corrected chi connectivity index (χ4v) is 10.9. The molecule has 0 aromatic heterocycles. The number of nitriles is 1. The molecule has 3 atom stereocenters. The molecule has 47 heavy (non-hydrogen) atoms. The van der Waals surface area contributed by atoms with E-state index < -0.39 is 42.4 Å². The van der Waals surface area contributed by atoms with Crippen LogP contribution in [0.2, 0.25) is 0 Å². The first-order valence-electron chi connectivity index (χ1n) is 15.8. The fourth-order valence-electron chi connectivity index (χ4n) is 7.48. The molecule has 256 valence electrons. The van der Waals surface area contributed by atoms with Gasteiger partial charge in [0.25, 0.3) is 0 Å². The van der Waals surface area contributed by atoms with Gasteiger partial charge in [0.2, 0.25) is 0 Å². The van der Waals surface area contributed by atoms with E-state index in [2.05, 4.69) is 16.7 Å². The molecule has 9 nitrogen and oxygen atoms in total. The van der Waals surface area contributed by atoms with Crippen molar-refractivity contribution in [2.24, 2.45) is 0 Å². The van der Waals surface area contributed by atoms with E-state index in [1.165, 1.54) is 14.2 Å². The number of methoxy groups -OCH3 is 2. The molecule has 0 fully saturated rings. The van der Waals surface area contributed by atoms with Crippen molar-refractivity contribution in [3.05, 3.63) is 108 Å². The zero-order chi connectivity index (χ0) is 35.1. The van der Waals surface area contributed by atoms with Crippen LogP contribution in [-0.2, 0) is 14.9 Å². The summed E-state index contributed by atoms with van der Waals surface area (Å²) in [5.74, 6) is -2.04. The van der Waals surface area contributed by atoms with Gasteiger partial charge in [-0.15, -0.1) is 0 Å². The van der Waals surface area contributed by atoms with E-state index >= 15 is 0 Å². The molecule has 3 aromatic rings. The predicted molar refractivity (Wildman–Crippen MR) is 194 cm³/mol. The van der Waals surface area contributed by atoms with Crippen LogP contribution in [0.1, 0.15) is 51.3 Å². The van der Waals surface area contributed by atoms with Crippen molar-refractivity contribution in [1.82, 2.24) is 15.5 Å². The Bertz CT molecular complexity index is 1370. The standard InChI is InChI=1S/C36H51N4O5PS/c1-26(2)40(27(3)4)32(24-37)25-46(41,42,43)33(28(5)39-34(47)38-6)36(44-7,45-8)35(29-18-12-9-13-19-29,30-20-14-10-15-21-30)31-22-16-11-17-23-31/h9-23,26-28,32-33,41-43H,25H2,1-8H3,(H2,38,39,47). The maximum atomic E-state index is 12.7. The van der Waals surface area contributed by atoms with Crippen molar-refractivity contribution in [3.63, 3.8) is 0 Å². The Balaban J connectivity index is 2.58. The molecule has 0 aliphatic heterocycles. The van der Waals surface area contributed by atoms with Crippen LogP contribution in [0.5, 0.6) is 0 Å². The van der Waals surface area contributed by atoms with Gasteiger partial charge >= 0.3 is 286 Å². The van der Waals surface area contributed by atoms with E-state index in [-0.39, 0.29) is 17.2 Å². The molecule has 0 radical (unpaired) electrons. The van der Waals surface area contributed by atoms with Gasteiger partial charge in [-0.2, -0.15) is 0 Å². The molecule has 0 aliphatic rings. The van der Waals surface area contributed by atoms with Crippen molar-refractivity contribution >= 4 is 24.6 Å². The molecule has 0 saturated heterocycles. The van der Waals surface area contributed by atoms with Gasteiger partial charge in [0.15, 0.2) is 0 Å². The van der Waals surface area contributed by atoms with Crippen molar-refractivity contribution < 1.29 is 24.2 Å². The second-order valence-electron chi connectivity index (χ2n) is 12.6. The maximum absolute atomic E-state index is 12.7. The van der Waals surface area contributed by atoms with Gasteiger partial charge in [-0.3, -0.25) is 0 Å². The first-order chi connectivity index (χ1) is 22.1. The van der Waals surface area contributed by atoms with Gasteiger partial charge in [-0.1, -0.05) is 0 Å². The molecular weight excluding hydrogens is 631 g/mol.